The Hall–Kier alpha value is -2.42. The fourth-order valence-corrected chi connectivity index (χ4v) is 4.31. The molecule has 1 unspecified atom stereocenters. The summed E-state index contributed by atoms with van der Waals surface area (Å²) < 4.78 is 6.78. The van der Waals surface area contributed by atoms with Crippen molar-refractivity contribution in [3.05, 3.63) is 29.3 Å². The molecule has 1 aliphatic rings. The van der Waals surface area contributed by atoms with Gasteiger partial charge in [-0.3, -0.25) is 9.59 Å². The SMILES string of the molecule is CCOC(=O)C1CCN(C(=O)C(C)Sc2nnnn2-c2cccc(C)c2C)CC1. The van der Waals surface area contributed by atoms with Crippen molar-refractivity contribution in [2.24, 2.45) is 5.92 Å². The summed E-state index contributed by atoms with van der Waals surface area (Å²) >= 11 is 1.35. The van der Waals surface area contributed by atoms with Crippen molar-refractivity contribution in [3.8, 4) is 5.69 Å². The zero-order chi connectivity index (χ0) is 21.0. The van der Waals surface area contributed by atoms with E-state index in [1.807, 2.05) is 43.9 Å². The van der Waals surface area contributed by atoms with Gasteiger partial charge in [0.2, 0.25) is 11.1 Å². The summed E-state index contributed by atoms with van der Waals surface area (Å²) in [5.41, 5.74) is 3.16. The number of ether oxygens (including phenoxy) is 1. The third kappa shape index (κ3) is 4.77. The molecule has 9 heteroatoms. The summed E-state index contributed by atoms with van der Waals surface area (Å²) in [4.78, 5) is 26.6. The highest BCUT2D eigenvalue weighted by atomic mass is 32.2. The first kappa shape index (κ1) is 21.3. The molecule has 0 radical (unpaired) electrons. The maximum atomic E-state index is 12.9. The van der Waals surface area contributed by atoms with E-state index in [9.17, 15) is 9.59 Å². The van der Waals surface area contributed by atoms with Crippen molar-refractivity contribution < 1.29 is 14.3 Å². The molecule has 1 aromatic carbocycles. The number of carbonyl (C=O) groups is 2. The van der Waals surface area contributed by atoms with Crippen LogP contribution in [0.1, 0.15) is 37.8 Å². The lowest BCUT2D eigenvalue weighted by atomic mass is 9.97. The van der Waals surface area contributed by atoms with Crippen LogP contribution in [0.5, 0.6) is 0 Å². The van der Waals surface area contributed by atoms with Crippen LogP contribution in [0.25, 0.3) is 5.69 Å². The predicted octanol–water partition coefficient (Wildman–Crippen LogP) is 2.56. The Balaban J connectivity index is 1.64. The van der Waals surface area contributed by atoms with Gasteiger partial charge >= 0.3 is 5.97 Å². The minimum Gasteiger partial charge on any atom is -0.466 e. The minimum atomic E-state index is -0.330. The first-order valence-electron chi connectivity index (χ1n) is 9.89. The van der Waals surface area contributed by atoms with Gasteiger partial charge in [0, 0.05) is 13.1 Å². The van der Waals surface area contributed by atoms with Crippen LogP contribution >= 0.6 is 11.8 Å². The van der Waals surface area contributed by atoms with E-state index in [1.165, 1.54) is 11.8 Å². The van der Waals surface area contributed by atoms with E-state index < -0.39 is 0 Å². The smallest absolute Gasteiger partial charge is 0.309 e. The molecule has 1 aliphatic heterocycles. The van der Waals surface area contributed by atoms with Gasteiger partial charge in [0.15, 0.2) is 0 Å². The number of nitrogens with zero attached hydrogens (tertiary/aromatic N) is 5. The standard InChI is InChI=1S/C20H27N5O3S/c1-5-28-19(27)16-9-11-24(12-10-16)18(26)15(4)29-20-21-22-23-25(20)17-8-6-7-13(2)14(17)3/h6-8,15-16H,5,9-12H2,1-4H3. The molecule has 0 saturated carbocycles. The van der Waals surface area contributed by atoms with Crippen LogP contribution in [0, 0.1) is 19.8 Å². The highest BCUT2D eigenvalue weighted by molar-refractivity contribution is 8.00. The van der Waals surface area contributed by atoms with Gasteiger partial charge in [-0.15, -0.1) is 5.10 Å². The van der Waals surface area contributed by atoms with E-state index in [2.05, 4.69) is 15.5 Å². The Labute approximate surface area is 175 Å². The van der Waals surface area contributed by atoms with E-state index in [4.69, 9.17) is 4.74 Å². The van der Waals surface area contributed by atoms with E-state index in [1.54, 1.807) is 11.6 Å². The molecule has 1 amide bonds. The first-order valence-corrected chi connectivity index (χ1v) is 10.8. The number of tetrazole rings is 1. The number of esters is 1. The molecule has 156 valence electrons. The average Bonchev–Trinajstić information content (AvgIpc) is 3.17. The Kier molecular flexibility index (Phi) is 6.89. The Morgan fingerprint density at radius 3 is 2.69 bits per heavy atom. The number of benzene rings is 1. The van der Waals surface area contributed by atoms with Crippen LogP contribution in [0.3, 0.4) is 0 Å². The average molecular weight is 418 g/mol. The third-order valence-corrected chi connectivity index (χ3v) is 6.32. The normalized spacial score (nSPS) is 15.9. The van der Waals surface area contributed by atoms with Gasteiger partial charge in [-0.2, -0.15) is 4.68 Å². The quantitative estimate of drug-likeness (QED) is 0.527. The number of carbonyl (C=O) groups excluding carboxylic acids is 2. The van der Waals surface area contributed by atoms with Crippen LogP contribution in [0.4, 0.5) is 0 Å². The van der Waals surface area contributed by atoms with Gasteiger partial charge < -0.3 is 9.64 Å². The summed E-state index contributed by atoms with van der Waals surface area (Å²) in [5, 5.41) is 12.3. The Morgan fingerprint density at radius 1 is 1.28 bits per heavy atom. The summed E-state index contributed by atoms with van der Waals surface area (Å²) in [6, 6.07) is 5.98. The molecule has 2 aromatic rings. The van der Waals surface area contributed by atoms with Crippen LogP contribution in [-0.4, -0.2) is 61.9 Å². The van der Waals surface area contributed by atoms with E-state index in [-0.39, 0.29) is 23.0 Å². The van der Waals surface area contributed by atoms with Crippen molar-refractivity contribution in [2.75, 3.05) is 19.7 Å². The molecule has 0 N–H and O–H groups in total. The maximum absolute atomic E-state index is 12.9. The summed E-state index contributed by atoms with van der Waals surface area (Å²) in [6.07, 6.45) is 1.28. The molecule has 29 heavy (non-hydrogen) atoms. The van der Waals surface area contributed by atoms with Crippen LogP contribution < -0.4 is 0 Å². The number of likely N-dealkylation sites (tertiary alicyclic amines) is 1. The summed E-state index contributed by atoms with van der Waals surface area (Å²) in [5.74, 6) is -0.235. The fraction of sp³-hybridized carbons (Fsp3) is 0.550. The molecule has 0 spiro atoms. The second kappa shape index (κ2) is 9.39. The molecule has 2 heterocycles. The fourth-order valence-electron chi connectivity index (χ4n) is 3.43. The number of aryl methyl sites for hydroxylation is 1. The van der Waals surface area contributed by atoms with Gasteiger partial charge in [-0.05, 0) is 68.2 Å². The lowest BCUT2D eigenvalue weighted by molar-refractivity contribution is -0.151. The first-order chi connectivity index (χ1) is 13.9. The topological polar surface area (TPSA) is 90.2 Å². The van der Waals surface area contributed by atoms with Crippen LogP contribution in [0.2, 0.25) is 0 Å². The zero-order valence-corrected chi connectivity index (χ0v) is 18.1. The van der Waals surface area contributed by atoms with Crippen molar-refractivity contribution in [1.82, 2.24) is 25.1 Å². The molecule has 0 bridgehead atoms. The van der Waals surface area contributed by atoms with Gasteiger partial charge in [-0.1, -0.05) is 23.9 Å². The molecular formula is C20H27N5O3S. The molecule has 1 fully saturated rings. The van der Waals surface area contributed by atoms with Gasteiger partial charge in [0.25, 0.3) is 0 Å². The highest BCUT2D eigenvalue weighted by Gasteiger charge is 2.31. The van der Waals surface area contributed by atoms with Crippen molar-refractivity contribution >= 4 is 23.6 Å². The lowest BCUT2D eigenvalue weighted by Crippen LogP contribution is -2.43. The molecule has 1 aromatic heterocycles. The van der Waals surface area contributed by atoms with Gasteiger partial charge in [-0.25, -0.2) is 0 Å². The summed E-state index contributed by atoms with van der Waals surface area (Å²) in [7, 11) is 0. The molecular weight excluding hydrogens is 390 g/mol. The lowest BCUT2D eigenvalue weighted by Gasteiger charge is -2.32. The second-order valence-electron chi connectivity index (χ2n) is 7.20. The number of thioether (sulfide) groups is 1. The minimum absolute atomic E-state index is 0.0350. The Morgan fingerprint density at radius 2 is 2.00 bits per heavy atom. The van der Waals surface area contributed by atoms with Crippen molar-refractivity contribution in [1.29, 1.82) is 0 Å². The number of aromatic nitrogens is 4. The number of hydrogen-bond donors (Lipinski definition) is 0. The Bertz CT molecular complexity index is 877. The summed E-state index contributed by atoms with van der Waals surface area (Å²) in [6.45, 7) is 9.27. The molecule has 0 aliphatic carbocycles. The van der Waals surface area contributed by atoms with Crippen molar-refractivity contribution in [2.45, 2.75) is 50.9 Å². The van der Waals surface area contributed by atoms with E-state index in [0.717, 1.165) is 16.8 Å². The van der Waals surface area contributed by atoms with Crippen LogP contribution in [-0.2, 0) is 14.3 Å². The molecule has 1 atom stereocenters. The molecule has 8 nitrogen and oxygen atoms in total. The highest BCUT2D eigenvalue weighted by Crippen LogP contribution is 2.27. The third-order valence-electron chi connectivity index (χ3n) is 5.30. The van der Waals surface area contributed by atoms with Crippen molar-refractivity contribution in [3.63, 3.8) is 0 Å². The van der Waals surface area contributed by atoms with E-state index in [0.29, 0.717) is 37.7 Å². The maximum Gasteiger partial charge on any atom is 0.309 e. The monoisotopic (exact) mass is 417 g/mol. The van der Waals surface area contributed by atoms with E-state index >= 15 is 0 Å². The van der Waals surface area contributed by atoms with Gasteiger partial charge in [0.1, 0.15) is 0 Å². The van der Waals surface area contributed by atoms with Crippen LogP contribution in [0.15, 0.2) is 23.4 Å². The zero-order valence-electron chi connectivity index (χ0n) is 17.3. The number of rotatable bonds is 6. The molecule has 1 saturated heterocycles. The second-order valence-corrected chi connectivity index (χ2v) is 8.51. The number of piperidine rings is 1. The predicted molar refractivity (Wildman–Crippen MR) is 110 cm³/mol. The molecule has 3 rings (SSSR count). The number of hydrogen-bond acceptors (Lipinski definition) is 7. The van der Waals surface area contributed by atoms with Gasteiger partial charge in [0.05, 0.1) is 23.5 Å². The largest absolute Gasteiger partial charge is 0.466 e. The number of amides is 1.